The summed E-state index contributed by atoms with van der Waals surface area (Å²) in [5, 5.41) is 4.38. The summed E-state index contributed by atoms with van der Waals surface area (Å²) in [6.45, 7) is 1.99. The molecule has 29 heavy (non-hydrogen) atoms. The minimum Gasteiger partial charge on any atom is -0.368 e. The van der Waals surface area contributed by atoms with Gasteiger partial charge < -0.3 is 11.1 Å². The van der Waals surface area contributed by atoms with Crippen molar-refractivity contribution in [3.05, 3.63) is 82.0 Å². The van der Waals surface area contributed by atoms with Crippen LogP contribution >= 0.6 is 23.2 Å². The van der Waals surface area contributed by atoms with Gasteiger partial charge in [0.15, 0.2) is 0 Å². The normalized spacial score (nSPS) is 10.9. The number of nitrogen functional groups attached to an aromatic ring is 1. The minimum absolute atomic E-state index is 0.236. The molecule has 1 amide bonds. The maximum absolute atomic E-state index is 12.8. The topological polar surface area (TPSA) is 80.9 Å². The number of anilines is 2. The zero-order valence-corrected chi connectivity index (χ0v) is 16.9. The predicted molar refractivity (Wildman–Crippen MR) is 119 cm³/mol. The first-order valence-corrected chi connectivity index (χ1v) is 9.56. The molecule has 0 saturated carbocycles. The highest BCUT2D eigenvalue weighted by molar-refractivity contribution is 6.44. The van der Waals surface area contributed by atoms with Gasteiger partial charge in [0.05, 0.1) is 21.2 Å². The molecule has 4 aromatic rings. The molecule has 0 aliphatic carbocycles. The SMILES string of the molecule is Cc1ccc(C(=O)Nc2cccc(Cl)c2Cl)cc1-c1ccc2nc(N)ncc2c1. The fourth-order valence-electron chi connectivity index (χ4n) is 3.08. The van der Waals surface area contributed by atoms with E-state index in [0.717, 1.165) is 27.6 Å². The number of amides is 1. The molecule has 0 radical (unpaired) electrons. The second-order valence-corrected chi connectivity index (χ2v) is 7.37. The minimum atomic E-state index is -0.271. The van der Waals surface area contributed by atoms with Crippen LogP contribution in [0, 0.1) is 6.92 Å². The first-order chi connectivity index (χ1) is 13.9. The zero-order chi connectivity index (χ0) is 20.5. The highest BCUT2D eigenvalue weighted by atomic mass is 35.5. The van der Waals surface area contributed by atoms with E-state index in [9.17, 15) is 4.79 Å². The van der Waals surface area contributed by atoms with Crippen LogP contribution < -0.4 is 11.1 Å². The van der Waals surface area contributed by atoms with E-state index in [1.54, 1.807) is 30.5 Å². The third-order valence-electron chi connectivity index (χ3n) is 4.61. The van der Waals surface area contributed by atoms with Crippen LogP contribution in [0.2, 0.25) is 10.0 Å². The van der Waals surface area contributed by atoms with Gasteiger partial charge in [-0.05, 0) is 60.0 Å². The molecule has 0 aliphatic rings. The van der Waals surface area contributed by atoms with Crippen LogP contribution in [-0.2, 0) is 0 Å². The Morgan fingerprint density at radius 3 is 2.72 bits per heavy atom. The molecule has 3 aromatic carbocycles. The number of rotatable bonds is 3. The van der Waals surface area contributed by atoms with Gasteiger partial charge in [0.1, 0.15) is 0 Å². The third kappa shape index (κ3) is 3.88. The van der Waals surface area contributed by atoms with Gasteiger partial charge in [-0.15, -0.1) is 0 Å². The molecule has 0 saturated heterocycles. The van der Waals surface area contributed by atoms with E-state index < -0.39 is 0 Å². The molecular weight excluding hydrogens is 407 g/mol. The smallest absolute Gasteiger partial charge is 0.255 e. The van der Waals surface area contributed by atoms with Gasteiger partial charge in [-0.2, -0.15) is 0 Å². The quantitative estimate of drug-likeness (QED) is 0.440. The number of benzene rings is 3. The van der Waals surface area contributed by atoms with Crippen molar-refractivity contribution < 1.29 is 4.79 Å². The lowest BCUT2D eigenvalue weighted by Crippen LogP contribution is -2.12. The lowest BCUT2D eigenvalue weighted by Gasteiger charge is -2.12. The summed E-state index contributed by atoms with van der Waals surface area (Å²) in [6.07, 6.45) is 1.69. The van der Waals surface area contributed by atoms with Gasteiger partial charge in [0.2, 0.25) is 5.95 Å². The molecule has 5 nitrogen and oxygen atoms in total. The number of nitrogens with two attached hydrogens (primary N) is 1. The Labute approximate surface area is 177 Å². The highest BCUT2D eigenvalue weighted by Gasteiger charge is 2.13. The fraction of sp³-hybridized carbons (Fsp3) is 0.0455. The lowest BCUT2D eigenvalue weighted by atomic mass is 9.97. The van der Waals surface area contributed by atoms with Crippen molar-refractivity contribution in [3.8, 4) is 11.1 Å². The first-order valence-electron chi connectivity index (χ1n) is 8.81. The molecule has 1 heterocycles. The third-order valence-corrected chi connectivity index (χ3v) is 5.43. The van der Waals surface area contributed by atoms with Crippen molar-refractivity contribution in [2.45, 2.75) is 6.92 Å². The van der Waals surface area contributed by atoms with Crippen molar-refractivity contribution in [1.29, 1.82) is 0 Å². The summed E-state index contributed by atoms with van der Waals surface area (Å²) in [4.78, 5) is 21.0. The van der Waals surface area contributed by atoms with Crippen LogP contribution in [0.4, 0.5) is 11.6 Å². The summed E-state index contributed by atoms with van der Waals surface area (Å²) in [6, 6.07) is 16.5. The number of halogens is 2. The molecule has 144 valence electrons. The first kappa shape index (κ1) is 19.2. The summed E-state index contributed by atoms with van der Waals surface area (Å²) in [5.41, 5.74) is 10.3. The summed E-state index contributed by atoms with van der Waals surface area (Å²) >= 11 is 12.2. The van der Waals surface area contributed by atoms with Crippen LogP contribution in [0.5, 0.6) is 0 Å². The largest absolute Gasteiger partial charge is 0.368 e. The van der Waals surface area contributed by atoms with Crippen LogP contribution in [0.15, 0.2) is 60.8 Å². The van der Waals surface area contributed by atoms with E-state index in [1.807, 2.05) is 37.3 Å². The Bertz CT molecular complexity index is 1260. The van der Waals surface area contributed by atoms with Gasteiger partial charge in [0.25, 0.3) is 5.91 Å². The predicted octanol–water partition coefficient (Wildman–Crippen LogP) is 5.75. The number of nitrogens with one attached hydrogen (secondary N) is 1. The molecule has 1 aromatic heterocycles. The molecule has 0 bridgehead atoms. The van der Waals surface area contributed by atoms with E-state index in [-0.39, 0.29) is 11.9 Å². The van der Waals surface area contributed by atoms with E-state index >= 15 is 0 Å². The Hall–Kier alpha value is -3.15. The maximum atomic E-state index is 12.8. The molecule has 4 rings (SSSR count). The summed E-state index contributed by atoms with van der Waals surface area (Å²) in [7, 11) is 0. The number of fused-ring (bicyclic) bond motifs is 1. The standard InChI is InChI=1S/C22H16Cl2N4O/c1-12-5-6-14(21(29)27-19-4-2-3-17(23)20(19)24)10-16(12)13-7-8-18-15(9-13)11-26-22(25)28-18/h2-11H,1H3,(H,27,29)(H2,25,26,28). The molecule has 3 N–H and O–H groups in total. The van der Waals surface area contributed by atoms with Crippen LogP contribution in [0.1, 0.15) is 15.9 Å². The number of carbonyl (C=O) groups is 1. The Morgan fingerprint density at radius 2 is 1.90 bits per heavy atom. The molecule has 0 fully saturated rings. The van der Waals surface area contributed by atoms with Crippen molar-refractivity contribution >= 4 is 51.6 Å². The average molecular weight is 423 g/mol. The van der Waals surface area contributed by atoms with E-state index in [2.05, 4.69) is 15.3 Å². The average Bonchev–Trinajstić information content (AvgIpc) is 2.71. The van der Waals surface area contributed by atoms with Gasteiger partial charge in [-0.1, -0.05) is 41.4 Å². The van der Waals surface area contributed by atoms with Crippen molar-refractivity contribution in [2.75, 3.05) is 11.1 Å². The zero-order valence-electron chi connectivity index (χ0n) is 15.4. The molecule has 0 atom stereocenters. The Morgan fingerprint density at radius 1 is 1.07 bits per heavy atom. The number of hydrogen-bond donors (Lipinski definition) is 2. The monoisotopic (exact) mass is 422 g/mol. The van der Waals surface area contributed by atoms with Gasteiger partial charge in [-0.3, -0.25) is 4.79 Å². The molecule has 0 unspecified atom stereocenters. The van der Waals surface area contributed by atoms with Crippen molar-refractivity contribution in [3.63, 3.8) is 0 Å². The number of aryl methyl sites for hydroxylation is 1. The van der Waals surface area contributed by atoms with E-state index in [4.69, 9.17) is 28.9 Å². The fourth-order valence-corrected chi connectivity index (χ4v) is 3.43. The van der Waals surface area contributed by atoms with Crippen LogP contribution in [0.25, 0.3) is 22.0 Å². The van der Waals surface area contributed by atoms with E-state index in [0.29, 0.717) is 21.3 Å². The number of hydrogen-bond acceptors (Lipinski definition) is 4. The van der Waals surface area contributed by atoms with Gasteiger partial charge in [0, 0.05) is 17.1 Å². The van der Waals surface area contributed by atoms with Crippen LogP contribution in [-0.4, -0.2) is 15.9 Å². The highest BCUT2D eigenvalue weighted by Crippen LogP contribution is 2.31. The van der Waals surface area contributed by atoms with Gasteiger partial charge >= 0.3 is 0 Å². The van der Waals surface area contributed by atoms with E-state index in [1.165, 1.54) is 0 Å². The molecule has 0 spiro atoms. The Balaban J connectivity index is 1.70. The summed E-state index contributed by atoms with van der Waals surface area (Å²) in [5.74, 6) is -0.0351. The lowest BCUT2D eigenvalue weighted by molar-refractivity contribution is 0.102. The molecule has 0 aliphatic heterocycles. The second kappa shape index (κ2) is 7.70. The number of nitrogens with zero attached hydrogens (tertiary/aromatic N) is 2. The Kier molecular flexibility index (Phi) is 5.09. The number of aromatic nitrogens is 2. The van der Waals surface area contributed by atoms with Gasteiger partial charge in [-0.25, -0.2) is 9.97 Å². The van der Waals surface area contributed by atoms with Crippen LogP contribution in [0.3, 0.4) is 0 Å². The van der Waals surface area contributed by atoms with Crippen molar-refractivity contribution in [2.24, 2.45) is 0 Å². The summed E-state index contributed by atoms with van der Waals surface area (Å²) < 4.78 is 0. The maximum Gasteiger partial charge on any atom is 0.255 e. The number of carbonyl (C=O) groups excluding carboxylic acids is 1. The second-order valence-electron chi connectivity index (χ2n) is 6.59. The molecular formula is C22H16Cl2N4O. The molecule has 7 heteroatoms. The van der Waals surface area contributed by atoms with Crippen molar-refractivity contribution in [1.82, 2.24) is 9.97 Å².